The van der Waals surface area contributed by atoms with Gasteiger partial charge in [0.25, 0.3) is 0 Å². The Labute approximate surface area is 122 Å². The maximum absolute atomic E-state index is 13.4. The Kier molecular flexibility index (Phi) is 5.41. The Hall–Kier alpha value is -1.09. The van der Waals surface area contributed by atoms with Gasteiger partial charge in [-0.3, -0.25) is 0 Å². The average molecular weight is 278 g/mol. The van der Waals surface area contributed by atoms with Crippen molar-refractivity contribution in [2.24, 2.45) is 5.92 Å². The fourth-order valence-electron chi connectivity index (χ4n) is 3.19. The second kappa shape index (κ2) is 7.07. The van der Waals surface area contributed by atoms with Gasteiger partial charge in [-0.2, -0.15) is 0 Å². The van der Waals surface area contributed by atoms with Crippen LogP contribution in [-0.4, -0.2) is 30.6 Å². The summed E-state index contributed by atoms with van der Waals surface area (Å²) in [5.41, 5.74) is 1.88. The topological polar surface area (TPSA) is 15.3 Å². The third-order valence-corrected chi connectivity index (χ3v) is 4.32. The normalized spacial score (nSPS) is 19.0. The van der Waals surface area contributed by atoms with Gasteiger partial charge in [-0.1, -0.05) is 6.92 Å². The molecule has 1 aromatic carbocycles. The molecule has 0 saturated carbocycles. The Morgan fingerprint density at radius 2 is 2.00 bits per heavy atom. The van der Waals surface area contributed by atoms with E-state index < -0.39 is 0 Å². The Morgan fingerprint density at radius 3 is 2.60 bits per heavy atom. The fraction of sp³-hybridized carbons (Fsp3) is 0.647. The molecule has 0 amide bonds. The van der Waals surface area contributed by atoms with Gasteiger partial charge in [0, 0.05) is 11.7 Å². The van der Waals surface area contributed by atoms with Crippen molar-refractivity contribution in [1.82, 2.24) is 4.90 Å². The summed E-state index contributed by atoms with van der Waals surface area (Å²) in [4.78, 5) is 2.55. The molecule has 0 bridgehead atoms. The molecule has 0 aromatic heterocycles. The zero-order valence-electron chi connectivity index (χ0n) is 13.0. The molecule has 1 aliphatic heterocycles. The number of rotatable bonds is 5. The van der Waals surface area contributed by atoms with Gasteiger partial charge in [0.2, 0.25) is 0 Å². The van der Waals surface area contributed by atoms with E-state index in [0.29, 0.717) is 12.0 Å². The molecule has 1 unspecified atom stereocenters. The number of anilines is 1. The maximum atomic E-state index is 13.4. The van der Waals surface area contributed by atoms with Crippen molar-refractivity contribution >= 4 is 5.69 Å². The predicted octanol–water partition coefficient (Wildman–Crippen LogP) is 4.06. The number of nitrogens with one attached hydrogen (secondary N) is 1. The molecule has 1 aliphatic rings. The zero-order valence-corrected chi connectivity index (χ0v) is 13.0. The molecule has 1 atom stereocenters. The van der Waals surface area contributed by atoms with Crippen LogP contribution in [0.3, 0.4) is 0 Å². The van der Waals surface area contributed by atoms with Crippen LogP contribution in [0.1, 0.15) is 38.7 Å². The SMILES string of the molecule is CCCN1CCC(C(C)Nc2cc(C)cc(F)c2)CC1. The van der Waals surface area contributed by atoms with Crippen molar-refractivity contribution in [3.63, 3.8) is 0 Å². The lowest BCUT2D eigenvalue weighted by Gasteiger charge is -2.35. The van der Waals surface area contributed by atoms with E-state index in [9.17, 15) is 4.39 Å². The van der Waals surface area contributed by atoms with Crippen LogP contribution >= 0.6 is 0 Å². The Morgan fingerprint density at radius 1 is 1.30 bits per heavy atom. The second-order valence-electron chi connectivity index (χ2n) is 6.13. The minimum atomic E-state index is -0.155. The minimum Gasteiger partial charge on any atom is -0.382 e. The van der Waals surface area contributed by atoms with E-state index in [4.69, 9.17) is 0 Å². The molecule has 0 aliphatic carbocycles. The summed E-state index contributed by atoms with van der Waals surface area (Å²) >= 11 is 0. The van der Waals surface area contributed by atoms with Crippen molar-refractivity contribution < 1.29 is 4.39 Å². The first kappa shape index (κ1) is 15.3. The van der Waals surface area contributed by atoms with Crippen molar-refractivity contribution in [1.29, 1.82) is 0 Å². The molecule has 1 heterocycles. The predicted molar refractivity (Wildman–Crippen MR) is 83.7 cm³/mol. The molecule has 3 heteroatoms. The summed E-state index contributed by atoms with van der Waals surface area (Å²) in [5, 5.41) is 3.48. The van der Waals surface area contributed by atoms with Crippen LogP contribution in [0.5, 0.6) is 0 Å². The molecule has 2 rings (SSSR count). The maximum Gasteiger partial charge on any atom is 0.125 e. The molecule has 1 aromatic rings. The van der Waals surface area contributed by atoms with Gasteiger partial charge in [-0.05, 0) is 82.4 Å². The van der Waals surface area contributed by atoms with Gasteiger partial charge in [0.05, 0.1) is 0 Å². The van der Waals surface area contributed by atoms with Crippen LogP contribution in [0.25, 0.3) is 0 Å². The number of aryl methyl sites for hydroxylation is 1. The lowest BCUT2D eigenvalue weighted by molar-refractivity contribution is 0.176. The number of likely N-dealkylation sites (tertiary alicyclic amines) is 1. The first-order valence-electron chi connectivity index (χ1n) is 7.84. The number of piperidine rings is 1. The summed E-state index contributed by atoms with van der Waals surface area (Å²) in [7, 11) is 0. The standard InChI is InChI=1S/C17H27FN2/c1-4-7-20-8-5-15(6-9-20)14(3)19-17-11-13(2)10-16(18)12-17/h10-12,14-15,19H,4-9H2,1-3H3. The van der Waals surface area contributed by atoms with Gasteiger partial charge in [0.15, 0.2) is 0 Å². The lowest BCUT2D eigenvalue weighted by atomic mass is 9.90. The first-order valence-corrected chi connectivity index (χ1v) is 7.84. The summed E-state index contributed by atoms with van der Waals surface area (Å²) in [6, 6.07) is 5.58. The van der Waals surface area contributed by atoms with Crippen molar-refractivity contribution in [3.8, 4) is 0 Å². The zero-order chi connectivity index (χ0) is 14.5. The van der Waals surface area contributed by atoms with E-state index in [0.717, 1.165) is 11.3 Å². The van der Waals surface area contributed by atoms with E-state index >= 15 is 0 Å². The quantitative estimate of drug-likeness (QED) is 0.874. The third-order valence-electron chi connectivity index (χ3n) is 4.32. The van der Waals surface area contributed by atoms with Gasteiger partial charge in [-0.15, -0.1) is 0 Å². The Balaban J connectivity index is 1.87. The van der Waals surface area contributed by atoms with Crippen LogP contribution in [0.4, 0.5) is 10.1 Å². The fourth-order valence-corrected chi connectivity index (χ4v) is 3.19. The van der Waals surface area contributed by atoms with Gasteiger partial charge in [0.1, 0.15) is 5.82 Å². The second-order valence-corrected chi connectivity index (χ2v) is 6.13. The summed E-state index contributed by atoms with van der Waals surface area (Å²) < 4.78 is 13.4. The number of benzene rings is 1. The largest absolute Gasteiger partial charge is 0.382 e. The van der Waals surface area contributed by atoms with E-state index in [1.165, 1.54) is 38.9 Å². The number of halogens is 1. The third kappa shape index (κ3) is 4.20. The highest BCUT2D eigenvalue weighted by molar-refractivity contribution is 5.46. The molecule has 1 fully saturated rings. The van der Waals surface area contributed by atoms with Crippen LogP contribution in [0.2, 0.25) is 0 Å². The first-order chi connectivity index (χ1) is 9.58. The van der Waals surface area contributed by atoms with E-state index in [2.05, 4.69) is 24.1 Å². The summed E-state index contributed by atoms with van der Waals surface area (Å²) in [6.45, 7) is 10.0. The summed E-state index contributed by atoms with van der Waals surface area (Å²) in [6.07, 6.45) is 3.71. The van der Waals surface area contributed by atoms with Gasteiger partial charge in [-0.25, -0.2) is 4.39 Å². The number of nitrogens with zero attached hydrogens (tertiary/aromatic N) is 1. The lowest BCUT2D eigenvalue weighted by Crippen LogP contribution is -2.39. The summed E-state index contributed by atoms with van der Waals surface area (Å²) in [5.74, 6) is 0.532. The minimum absolute atomic E-state index is 0.155. The van der Waals surface area contributed by atoms with Crippen LogP contribution in [0.15, 0.2) is 18.2 Å². The smallest absolute Gasteiger partial charge is 0.125 e. The molecular weight excluding hydrogens is 251 g/mol. The van der Waals surface area contributed by atoms with Crippen LogP contribution < -0.4 is 5.32 Å². The highest BCUT2D eigenvalue weighted by Gasteiger charge is 2.23. The molecule has 2 nitrogen and oxygen atoms in total. The van der Waals surface area contributed by atoms with Crippen LogP contribution in [0, 0.1) is 18.7 Å². The molecule has 0 radical (unpaired) electrons. The van der Waals surface area contributed by atoms with E-state index in [-0.39, 0.29) is 5.82 Å². The van der Waals surface area contributed by atoms with Gasteiger partial charge >= 0.3 is 0 Å². The molecule has 1 saturated heterocycles. The molecular formula is C17H27FN2. The molecule has 1 N–H and O–H groups in total. The molecule has 20 heavy (non-hydrogen) atoms. The molecule has 112 valence electrons. The number of hydrogen-bond acceptors (Lipinski definition) is 2. The van der Waals surface area contributed by atoms with Gasteiger partial charge < -0.3 is 10.2 Å². The van der Waals surface area contributed by atoms with Crippen molar-refractivity contribution in [3.05, 3.63) is 29.6 Å². The molecule has 0 spiro atoms. The highest BCUT2D eigenvalue weighted by atomic mass is 19.1. The number of hydrogen-bond donors (Lipinski definition) is 1. The van der Waals surface area contributed by atoms with E-state index in [1.54, 1.807) is 12.1 Å². The average Bonchev–Trinajstić information content (AvgIpc) is 2.38. The van der Waals surface area contributed by atoms with Crippen LogP contribution in [-0.2, 0) is 0 Å². The van der Waals surface area contributed by atoms with Crippen molar-refractivity contribution in [2.75, 3.05) is 25.0 Å². The van der Waals surface area contributed by atoms with Crippen molar-refractivity contribution in [2.45, 2.75) is 46.1 Å². The highest BCUT2D eigenvalue weighted by Crippen LogP contribution is 2.24. The van der Waals surface area contributed by atoms with E-state index in [1.807, 2.05) is 13.0 Å². The monoisotopic (exact) mass is 278 g/mol. The Bertz CT molecular complexity index is 405.